The largest absolute Gasteiger partial charge is 0.435 e. The van der Waals surface area contributed by atoms with Crippen LogP contribution in [-0.2, 0) is 0 Å². The van der Waals surface area contributed by atoms with Gasteiger partial charge in [-0.25, -0.2) is 0 Å². The molecule has 1 aromatic carbocycles. The highest BCUT2D eigenvalue weighted by atomic mass is 79.9. The molecule has 1 amide bonds. The van der Waals surface area contributed by atoms with Gasteiger partial charge in [0.05, 0.1) is 8.66 Å². The molecule has 0 unspecified atom stereocenters. The predicted molar refractivity (Wildman–Crippen MR) is 80.7 cm³/mol. The maximum absolute atomic E-state index is 12.0. The number of halogens is 4. The molecule has 2 rings (SSSR count). The number of carbonyl (C=O) groups is 1. The summed E-state index contributed by atoms with van der Waals surface area (Å²) in [4.78, 5) is 12.5. The van der Waals surface area contributed by atoms with Crippen LogP contribution < -0.4 is 10.1 Å². The highest BCUT2D eigenvalue weighted by Crippen LogP contribution is 2.32. The molecule has 0 bridgehead atoms. The van der Waals surface area contributed by atoms with Crippen molar-refractivity contribution in [3.63, 3.8) is 0 Å². The zero-order valence-electron chi connectivity index (χ0n) is 9.70. The molecular weight excluding hydrogens is 420 g/mol. The molecule has 0 saturated heterocycles. The van der Waals surface area contributed by atoms with Crippen molar-refractivity contribution >= 4 is 54.8 Å². The number of benzene rings is 1. The Bertz CT molecular complexity index is 597. The van der Waals surface area contributed by atoms with Crippen LogP contribution in [0.5, 0.6) is 5.75 Å². The lowest BCUT2D eigenvalue weighted by Gasteiger charge is -2.06. The molecule has 1 heterocycles. The first-order chi connectivity index (χ1) is 9.45. The molecule has 8 heteroatoms. The van der Waals surface area contributed by atoms with E-state index >= 15 is 0 Å². The third-order valence-corrected chi connectivity index (χ3v) is 5.46. The number of alkyl halides is 2. The third kappa shape index (κ3) is 4.00. The monoisotopic (exact) mass is 425 g/mol. The molecule has 0 saturated carbocycles. The van der Waals surface area contributed by atoms with Gasteiger partial charge in [-0.05, 0) is 62.2 Å². The molecule has 3 nitrogen and oxygen atoms in total. The van der Waals surface area contributed by atoms with Crippen molar-refractivity contribution in [3.05, 3.63) is 43.5 Å². The molecule has 1 N–H and O–H groups in total. The van der Waals surface area contributed by atoms with Crippen molar-refractivity contribution < 1.29 is 18.3 Å². The van der Waals surface area contributed by atoms with Crippen molar-refractivity contribution in [2.75, 3.05) is 5.32 Å². The average molecular weight is 427 g/mol. The Morgan fingerprint density at radius 2 is 1.90 bits per heavy atom. The lowest BCUT2D eigenvalue weighted by molar-refractivity contribution is -0.0498. The Kier molecular flexibility index (Phi) is 5.11. The second-order valence-corrected chi connectivity index (χ2v) is 6.81. The number of amides is 1. The SMILES string of the molecule is O=C(Nc1ccc(OC(F)F)cc1)c1cc(Br)c(Br)s1. The molecule has 0 spiro atoms. The summed E-state index contributed by atoms with van der Waals surface area (Å²) in [6.07, 6.45) is 0. The smallest absolute Gasteiger partial charge is 0.387 e. The van der Waals surface area contributed by atoms with Crippen molar-refractivity contribution in [1.82, 2.24) is 0 Å². The Labute approximate surface area is 134 Å². The second-order valence-electron chi connectivity index (χ2n) is 3.59. The van der Waals surface area contributed by atoms with Crippen molar-refractivity contribution in [2.24, 2.45) is 0 Å². The van der Waals surface area contributed by atoms with E-state index in [1.165, 1.54) is 35.6 Å². The molecule has 0 aliphatic rings. The van der Waals surface area contributed by atoms with Gasteiger partial charge in [0.1, 0.15) is 5.75 Å². The van der Waals surface area contributed by atoms with Gasteiger partial charge in [-0.1, -0.05) is 0 Å². The van der Waals surface area contributed by atoms with E-state index in [9.17, 15) is 13.6 Å². The third-order valence-electron chi connectivity index (χ3n) is 2.21. The van der Waals surface area contributed by atoms with Crippen LogP contribution in [0, 0.1) is 0 Å². The molecule has 0 fully saturated rings. The van der Waals surface area contributed by atoms with Gasteiger partial charge < -0.3 is 10.1 Å². The lowest BCUT2D eigenvalue weighted by atomic mass is 10.3. The zero-order valence-corrected chi connectivity index (χ0v) is 13.7. The summed E-state index contributed by atoms with van der Waals surface area (Å²) in [5.41, 5.74) is 0.497. The molecule has 1 aromatic heterocycles. The van der Waals surface area contributed by atoms with Gasteiger partial charge in [0.15, 0.2) is 0 Å². The summed E-state index contributed by atoms with van der Waals surface area (Å²) >= 11 is 7.89. The quantitative estimate of drug-likeness (QED) is 0.736. The highest BCUT2D eigenvalue weighted by Gasteiger charge is 2.12. The van der Waals surface area contributed by atoms with Crippen LogP contribution in [0.3, 0.4) is 0 Å². The van der Waals surface area contributed by atoms with Crippen LogP contribution >= 0.6 is 43.2 Å². The topological polar surface area (TPSA) is 38.3 Å². The Balaban J connectivity index is 2.04. The fraction of sp³-hybridized carbons (Fsp3) is 0.0833. The van der Waals surface area contributed by atoms with E-state index in [1.54, 1.807) is 6.07 Å². The number of hydrogen-bond donors (Lipinski definition) is 1. The van der Waals surface area contributed by atoms with E-state index in [4.69, 9.17) is 0 Å². The average Bonchev–Trinajstić information content (AvgIpc) is 2.71. The van der Waals surface area contributed by atoms with Crippen molar-refractivity contribution in [1.29, 1.82) is 0 Å². The molecule has 20 heavy (non-hydrogen) atoms. The van der Waals surface area contributed by atoms with Crippen molar-refractivity contribution in [3.8, 4) is 5.75 Å². The Morgan fingerprint density at radius 3 is 2.40 bits per heavy atom. The van der Waals surface area contributed by atoms with Crippen molar-refractivity contribution in [2.45, 2.75) is 6.61 Å². The number of hydrogen-bond acceptors (Lipinski definition) is 3. The summed E-state index contributed by atoms with van der Waals surface area (Å²) in [6.45, 7) is -2.86. The van der Waals surface area contributed by atoms with Crippen LogP contribution in [0.4, 0.5) is 14.5 Å². The fourth-order valence-electron chi connectivity index (χ4n) is 1.37. The maximum atomic E-state index is 12.0. The molecule has 106 valence electrons. The van der Waals surface area contributed by atoms with E-state index in [0.717, 1.165) is 8.26 Å². The van der Waals surface area contributed by atoms with Gasteiger partial charge >= 0.3 is 6.61 Å². The van der Waals surface area contributed by atoms with Gasteiger partial charge in [-0.3, -0.25) is 4.79 Å². The van der Waals surface area contributed by atoms with E-state index in [-0.39, 0.29) is 11.7 Å². The molecule has 0 aliphatic heterocycles. The molecule has 0 aliphatic carbocycles. The van der Waals surface area contributed by atoms with E-state index in [2.05, 4.69) is 41.9 Å². The van der Waals surface area contributed by atoms with Gasteiger partial charge in [-0.15, -0.1) is 11.3 Å². The number of anilines is 1. The molecule has 0 atom stereocenters. The van der Waals surface area contributed by atoms with E-state index in [0.29, 0.717) is 10.6 Å². The summed E-state index contributed by atoms with van der Waals surface area (Å²) in [6, 6.07) is 7.41. The van der Waals surface area contributed by atoms with Crippen LogP contribution in [-0.4, -0.2) is 12.5 Å². The first kappa shape index (κ1) is 15.4. The number of thiophene rings is 1. The van der Waals surface area contributed by atoms with E-state index < -0.39 is 6.61 Å². The number of rotatable bonds is 4. The molecular formula is C12H7Br2F2NO2S. The predicted octanol–water partition coefficient (Wildman–Crippen LogP) is 5.13. The minimum Gasteiger partial charge on any atom is -0.435 e. The van der Waals surface area contributed by atoms with Crippen LogP contribution in [0.2, 0.25) is 0 Å². The number of ether oxygens (including phenoxy) is 1. The van der Waals surface area contributed by atoms with Gasteiger partial charge in [0.25, 0.3) is 5.91 Å². The van der Waals surface area contributed by atoms with Gasteiger partial charge in [0.2, 0.25) is 0 Å². The van der Waals surface area contributed by atoms with Crippen LogP contribution in [0.1, 0.15) is 9.67 Å². The fourth-order valence-corrected chi connectivity index (χ4v) is 3.30. The Morgan fingerprint density at radius 1 is 1.25 bits per heavy atom. The van der Waals surface area contributed by atoms with E-state index in [1.807, 2.05) is 0 Å². The molecule has 2 aromatic rings. The standard InChI is InChI=1S/C12H7Br2F2NO2S/c13-8-5-9(20-10(8)14)11(18)17-6-1-3-7(4-2-6)19-12(15)16/h1-5,12H,(H,17,18). The summed E-state index contributed by atoms with van der Waals surface area (Å²) < 4.78 is 29.8. The number of carbonyl (C=O) groups excluding carboxylic acids is 1. The van der Waals surface area contributed by atoms with Crippen LogP contribution in [0.25, 0.3) is 0 Å². The van der Waals surface area contributed by atoms with Gasteiger partial charge in [0, 0.05) is 10.2 Å². The minimum atomic E-state index is -2.86. The zero-order chi connectivity index (χ0) is 14.7. The van der Waals surface area contributed by atoms with Crippen LogP contribution in [0.15, 0.2) is 38.6 Å². The summed E-state index contributed by atoms with van der Waals surface area (Å²) in [5, 5.41) is 2.67. The normalized spacial score (nSPS) is 10.7. The van der Waals surface area contributed by atoms with Gasteiger partial charge in [-0.2, -0.15) is 8.78 Å². The second kappa shape index (κ2) is 6.64. The summed E-state index contributed by atoms with van der Waals surface area (Å²) in [7, 11) is 0. The minimum absolute atomic E-state index is 0.0413. The first-order valence-electron chi connectivity index (χ1n) is 5.27. The Hall–Kier alpha value is -0.990. The maximum Gasteiger partial charge on any atom is 0.387 e. The molecule has 0 radical (unpaired) electrons. The number of nitrogens with one attached hydrogen (secondary N) is 1. The lowest BCUT2D eigenvalue weighted by Crippen LogP contribution is -2.10. The highest BCUT2D eigenvalue weighted by molar-refractivity contribution is 9.13. The summed E-state index contributed by atoms with van der Waals surface area (Å²) in [5.74, 6) is -0.233. The first-order valence-corrected chi connectivity index (χ1v) is 7.67.